The van der Waals surface area contributed by atoms with Gasteiger partial charge in [-0.15, -0.1) is 0 Å². The lowest BCUT2D eigenvalue weighted by atomic mass is 10.0. The Labute approximate surface area is 151 Å². The molecule has 134 valence electrons. The van der Waals surface area contributed by atoms with Crippen LogP contribution in [0.5, 0.6) is 0 Å². The summed E-state index contributed by atoms with van der Waals surface area (Å²) in [5.41, 5.74) is 3.29. The summed E-state index contributed by atoms with van der Waals surface area (Å²) in [4.78, 5) is 11.3. The van der Waals surface area contributed by atoms with Gasteiger partial charge in [0.1, 0.15) is 11.9 Å². The van der Waals surface area contributed by atoms with E-state index in [0.717, 1.165) is 24.3 Å². The molecule has 7 heteroatoms. The van der Waals surface area contributed by atoms with Gasteiger partial charge in [0.15, 0.2) is 0 Å². The second kappa shape index (κ2) is 7.31. The standard InChI is InChI=1S/C19H20FN5O/c1-24-11-14(10-23-24)12-25-7-8-26-17(13-25)19-18(21-5-6-22-19)15-3-2-4-16(20)9-15/h2-6,9-11,17H,7-8,12-13H2,1H3. The number of benzene rings is 1. The Kier molecular flexibility index (Phi) is 4.73. The predicted molar refractivity (Wildman–Crippen MR) is 94.6 cm³/mol. The van der Waals surface area contributed by atoms with Crippen LogP contribution in [0.3, 0.4) is 0 Å². The minimum absolute atomic E-state index is 0.201. The van der Waals surface area contributed by atoms with Crippen molar-refractivity contribution in [1.29, 1.82) is 0 Å². The Balaban J connectivity index is 1.57. The van der Waals surface area contributed by atoms with Gasteiger partial charge < -0.3 is 4.74 Å². The van der Waals surface area contributed by atoms with Gasteiger partial charge in [0.2, 0.25) is 0 Å². The molecule has 0 saturated carbocycles. The molecule has 1 aliphatic rings. The number of aryl methyl sites for hydroxylation is 1. The molecule has 3 heterocycles. The summed E-state index contributed by atoms with van der Waals surface area (Å²) in [7, 11) is 1.91. The third kappa shape index (κ3) is 3.63. The molecule has 2 aromatic heterocycles. The second-order valence-electron chi connectivity index (χ2n) is 6.42. The van der Waals surface area contributed by atoms with Crippen LogP contribution in [0.15, 0.2) is 49.1 Å². The zero-order valence-corrected chi connectivity index (χ0v) is 14.5. The molecule has 26 heavy (non-hydrogen) atoms. The van der Waals surface area contributed by atoms with Crippen LogP contribution in [0.1, 0.15) is 17.4 Å². The Hall–Kier alpha value is -2.64. The number of morpholine rings is 1. The normalized spacial score (nSPS) is 18.2. The van der Waals surface area contributed by atoms with E-state index in [2.05, 4.69) is 20.0 Å². The second-order valence-corrected chi connectivity index (χ2v) is 6.42. The number of halogens is 1. The zero-order chi connectivity index (χ0) is 17.9. The molecular weight excluding hydrogens is 333 g/mol. The lowest BCUT2D eigenvalue weighted by Crippen LogP contribution is -2.38. The molecule has 0 bridgehead atoms. The van der Waals surface area contributed by atoms with Crippen LogP contribution in [-0.4, -0.2) is 44.3 Å². The van der Waals surface area contributed by atoms with Crippen molar-refractivity contribution in [2.45, 2.75) is 12.6 Å². The first kappa shape index (κ1) is 16.8. The van der Waals surface area contributed by atoms with Crippen molar-refractivity contribution in [2.24, 2.45) is 7.05 Å². The summed E-state index contributed by atoms with van der Waals surface area (Å²) in [6.45, 7) is 2.98. The topological polar surface area (TPSA) is 56.1 Å². The van der Waals surface area contributed by atoms with Crippen LogP contribution in [-0.2, 0) is 18.3 Å². The molecule has 1 fully saturated rings. The molecule has 1 aromatic carbocycles. The van der Waals surface area contributed by atoms with Crippen molar-refractivity contribution >= 4 is 0 Å². The molecule has 6 nitrogen and oxygen atoms in total. The van der Waals surface area contributed by atoms with Crippen molar-refractivity contribution < 1.29 is 9.13 Å². The molecule has 0 aliphatic carbocycles. The highest BCUT2D eigenvalue weighted by Crippen LogP contribution is 2.29. The van der Waals surface area contributed by atoms with Crippen LogP contribution in [0.4, 0.5) is 4.39 Å². The highest BCUT2D eigenvalue weighted by atomic mass is 19.1. The van der Waals surface area contributed by atoms with Crippen molar-refractivity contribution in [3.8, 4) is 11.3 Å². The number of hydrogen-bond acceptors (Lipinski definition) is 5. The molecule has 0 amide bonds. The van der Waals surface area contributed by atoms with Gasteiger partial charge in [0, 0.05) is 56.4 Å². The Morgan fingerprint density at radius 3 is 2.96 bits per heavy atom. The number of hydrogen-bond donors (Lipinski definition) is 0. The lowest BCUT2D eigenvalue weighted by molar-refractivity contribution is -0.0348. The molecule has 1 saturated heterocycles. The van der Waals surface area contributed by atoms with Gasteiger partial charge in [0.25, 0.3) is 0 Å². The van der Waals surface area contributed by atoms with E-state index in [0.29, 0.717) is 24.4 Å². The third-order valence-electron chi connectivity index (χ3n) is 4.44. The maximum absolute atomic E-state index is 13.6. The summed E-state index contributed by atoms with van der Waals surface area (Å²) < 4.78 is 21.4. The van der Waals surface area contributed by atoms with Crippen molar-refractivity contribution in [3.05, 3.63) is 66.1 Å². The fourth-order valence-corrected chi connectivity index (χ4v) is 3.27. The minimum Gasteiger partial charge on any atom is -0.369 e. The summed E-state index contributed by atoms with van der Waals surface area (Å²) in [6.07, 6.45) is 6.98. The highest BCUT2D eigenvalue weighted by molar-refractivity contribution is 5.61. The summed E-state index contributed by atoms with van der Waals surface area (Å²) in [5.74, 6) is -0.290. The van der Waals surface area contributed by atoms with Gasteiger partial charge in [-0.05, 0) is 12.1 Å². The van der Waals surface area contributed by atoms with Crippen LogP contribution in [0.25, 0.3) is 11.3 Å². The van der Waals surface area contributed by atoms with E-state index in [1.54, 1.807) is 23.1 Å². The van der Waals surface area contributed by atoms with E-state index in [9.17, 15) is 4.39 Å². The van der Waals surface area contributed by atoms with Gasteiger partial charge >= 0.3 is 0 Å². The number of rotatable bonds is 4. The average molecular weight is 353 g/mol. The van der Waals surface area contributed by atoms with E-state index in [4.69, 9.17) is 4.74 Å². The predicted octanol–water partition coefficient (Wildman–Crippen LogP) is 2.59. The van der Waals surface area contributed by atoms with Gasteiger partial charge in [-0.2, -0.15) is 5.10 Å². The maximum Gasteiger partial charge on any atom is 0.123 e. The Morgan fingerprint density at radius 2 is 2.15 bits per heavy atom. The van der Waals surface area contributed by atoms with E-state index >= 15 is 0 Å². The number of nitrogens with zero attached hydrogens (tertiary/aromatic N) is 5. The molecule has 0 spiro atoms. The first-order valence-corrected chi connectivity index (χ1v) is 8.57. The monoisotopic (exact) mass is 353 g/mol. The van der Waals surface area contributed by atoms with Crippen molar-refractivity contribution in [2.75, 3.05) is 19.7 Å². The van der Waals surface area contributed by atoms with E-state index in [1.807, 2.05) is 25.5 Å². The van der Waals surface area contributed by atoms with Crippen molar-refractivity contribution in [3.63, 3.8) is 0 Å². The zero-order valence-electron chi connectivity index (χ0n) is 14.5. The molecule has 1 aliphatic heterocycles. The molecular formula is C19H20FN5O. The van der Waals surface area contributed by atoms with Crippen LogP contribution >= 0.6 is 0 Å². The van der Waals surface area contributed by atoms with Crippen LogP contribution in [0.2, 0.25) is 0 Å². The average Bonchev–Trinajstić information content (AvgIpc) is 3.07. The van der Waals surface area contributed by atoms with Crippen LogP contribution < -0.4 is 0 Å². The van der Waals surface area contributed by atoms with E-state index < -0.39 is 0 Å². The quantitative estimate of drug-likeness (QED) is 0.722. The molecule has 0 radical (unpaired) electrons. The third-order valence-corrected chi connectivity index (χ3v) is 4.44. The van der Waals surface area contributed by atoms with Gasteiger partial charge in [-0.25, -0.2) is 4.39 Å². The highest BCUT2D eigenvalue weighted by Gasteiger charge is 2.26. The molecule has 4 rings (SSSR count). The van der Waals surface area contributed by atoms with E-state index in [1.165, 1.54) is 12.1 Å². The van der Waals surface area contributed by atoms with Gasteiger partial charge in [-0.1, -0.05) is 12.1 Å². The molecule has 0 N–H and O–H groups in total. The SMILES string of the molecule is Cn1cc(CN2CCOC(c3nccnc3-c3cccc(F)c3)C2)cn1. The minimum atomic E-state index is -0.290. The molecule has 1 unspecified atom stereocenters. The molecule has 1 atom stereocenters. The first-order valence-electron chi connectivity index (χ1n) is 8.57. The Bertz CT molecular complexity index is 897. The smallest absolute Gasteiger partial charge is 0.123 e. The molecule has 3 aromatic rings. The van der Waals surface area contributed by atoms with Crippen molar-refractivity contribution in [1.82, 2.24) is 24.6 Å². The fraction of sp³-hybridized carbons (Fsp3) is 0.316. The van der Waals surface area contributed by atoms with Gasteiger partial charge in [0.05, 0.1) is 24.2 Å². The summed E-state index contributed by atoms with van der Waals surface area (Å²) >= 11 is 0. The lowest BCUT2D eigenvalue weighted by Gasteiger charge is -2.32. The number of ether oxygens (including phenoxy) is 1. The Morgan fingerprint density at radius 1 is 1.27 bits per heavy atom. The van der Waals surface area contributed by atoms with Crippen LogP contribution in [0, 0.1) is 5.82 Å². The summed E-state index contributed by atoms with van der Waals surface area (Å²) in [6, 6.07) is 6.42. The largest absolute Gasteiger partial charge is 0.369 e. The van der Waals surface area contributed by atoms with Gasteiger partial charge in [-0.3, -0.25) is 19.5 Å². The maximum atomic E-state index is 13.6. The fourth-order valence-electron chi connectivity index (χ4n) is 3.27. The number of aromatic nitrogens is 4. The first-order chi connectivity index (χ1) is 12.7. The van der Waals surface area contributed by atoms with E-state index in [-0.39, 0.29) is 11.9 Å². The summed E-state index contributed by atoms with van der Waals surface area (Å²) in [5, 5.41) is 4.22.